The molecule has 8 nitrogen and oxygen atoms in total. The second-order valence-electron chi connectivity index (χ2n) is 6.77. The highest BCUT2D eigenvalue weighted by atomic mass is 79.9. The first-order chi connectivity index (χ1) is 16.5. The van der Waals surface area contributed by atoms with Gasteiger partial charge in [-0.15, -0.1) is 10.2 Å². The molecule has 0 bridgehead atoms. The SMILES string of the molecule is CCOc1cc(C=C(C#N)C(=O)Nc2nnc(CC)s2)ccc1OCCOc1ccc(Br)cc1. The number of amides is 1. The van der Waals surface area contributed by atoms with E-state index in [1.165, 1.54) is 17.4 Å². The van der Waals surface area contributed by atoms with Gasteiger partial charge < -0.3 is 14.2 Å². The molecule has 1 aromatic heterocycles. The van der Waals surface area contributed by atoms with Gasteiger partial charge in [0.1, 0.15) is 35.6 Å². The monoisotopic (exact) mass is 542 g/mol. The zero-order valence-electron chi connectivity index (χ0n) is 18.7. The number of benzene rings is 2. The Hall–Kier alpha value is -3.42. The smallest absolute Gasteiger partial charge is 0.268 e. The fraction of sp³-hybridized carbons (Fsp3) is 0.250. The highest BCUT2D eigenvalue weighted by Gasteiger charge is 2.14. The van der Waals surface area contributed by atoms with E-state index in [9.17, 15) is 10.1 Å². The number of hydrogen-bond donors (Lipinski definition) is 1. The van der Waals surface area contributed by atoms with Gasteiger partial charge >= 0.3 is 0 Å². The second-order valence-corrected chi connectivity index (χ2v) is 8.75. The van der Waals surface area contributed by atoms with Crippen LogP contribution in [0.3, 0.4) is 0 Å². The van der Waals surface area contributed by atoms with Crippen LogP contribution in [-0.2, 0) is 11.2 Å². The van der Waals surface area contributed by atoms with E-state index in [1.807, 2.05) is 44.2 Å². The van der Waals surface area contributed by atoms with Gasteiger partial charge in [-0.05, 0) is 61.4 Å². The highest BCUT2D eigenvalue weighted by Crippen LogP contribution is 2.29. The Morgan fingerprint density at radius 2 is 1.85 bits per heavy atom. The molecule has 0 fully saturated rings. The van der Waals surface area contributed by atoms with Crippen molar-refractivity contribution < 1.29 is 19.0 Å². The van der Waals surface area contributed by atoms with Crippen molar-refractivity contribution in [3.05, 3.63) is 63.1 Å². The summed E-state index contributed by atoms with van der Waals surface area (Å²) in [6, 6.07) is 14.7. The molecule has 3 rings (SSSR count). The topological polar surface area (TPSA) is 106 Å². The number of ether oxygens (including phenoxy) is 3. The molecule has 0 aliphatic rings. The summed E-state index contributed by atoms with van der Waals surface area (Å²) in [7, 11) is 0. The van der Waals surface area contributed by atoms with Crippen molar-refractivity contribution in [1.29, 1.82) is 5.26 Å². The van der Waals surface area contributed by atoms with Gasteiger partial charge in [0.15, 0.2) is 11.5 Å². The minimum atomic E-state index is -0.551. The maximum Gasteiger partial charge on any atom is 0.268 e. The molecule has 0 saturated heterocycles. The molecule has 2 aromatic carbocycles. The molecular formula is C24H23BrN4O4S. The van der Waals surface area contributed by atoms with Crippen LogP contribution in [0.15, 0.2) is 52.5 Å². The van der Waals surface area contributed by atoms with Crippen LogP contribution in [0.25, 0.3) is 6.08 Å². The number of nitriles is 1. The lowest BCUT2D eigenvalue weighted by Crippen LogP contribution is -2.13. The molecule has 1 heterocycles. The molecule has 1 N–H and O–H groups in total. The predicted molar refractivity (Wildman–Crippen MR) is 134 cm³/mol. The van der Waals surface area contributed by atoms with Crippen molar-refractivity contribution in [1.82, 2.24) is 10.2 Å². The Morgan fingerprint density at radius 1 is 1.09 bits per heavy atom. The second kappa shape index (κ2) is 12.7. The maximum atomic E-state index is 12.5. The van der Waals surface area contributed by atoms with Crippen LogP contribution in [0.2, 0.25) is 0 Å². The fourth-order valence-corrected chi connectivity index (χ4v) is 3.71. The van der Waals surface area contributed by atoms with Crippen molar-refractivity contribution in [2.24, 2.45) is 0 Å². The molecule has 0 atom stereocenters. The summed E-state index contributed by atoms with van der Waals surface area (Å²) in [5.74, 6) is 1.25. The molecule has 0 spiro atoms. The number of rotatable bonds is 11. The normalized spacial score (nSPS) is 10.9. The number of hydrogen-bond acceptors (Lipinski definition) is 8. The molecule has 1 amide bonds. The van der Waals surface area contributed by atoms with Gasteiger partial charge in [-0.3, -0.25) is 10.1 Å². The lowest BCUT2D eigenvalue weighted by Gasteiger charge is -2.13. The number of carbonyl (C=O) groups is 1. The largest absolute Gasteiger partial charge is 0.490 e. The lowest BCUT2D eigenvalue weighted by atomic mass is 10.1. The Balaban J connectivity index is 1.65. The third-order valence-electron chi connectivity index (χ3n) is 4.36. The molecule has 10 heteroatoms. The summed E-state index contributed by atoms with van der Waals surface area (Å²) >= 11 is 4.66. The van der Waals surface area contributed by atoms with Crippen LogP contribution < -0.4 is 19.5 Å². The van der Waals surface area contributed by atoms with Gasteiger partial charge in [0.05, 0.1) is 6.61 Å². The van der Waals surface area contributed by atoms with Gasteiger partial charge in [-0.1, -0.05) is 40.3 Å². The Morgan fingerprint density at radius 3 is 2.53 bits per heavy atom. The van der Waals surface area contributed by atoms with Crippen molar-refractivity contribution in [2.75, 3.05) is 25.1 Å². The molecule has 0 unspecified atom stereocenters. The summed E-state index contributed by atoms with van der Waals surface area (Å²) in [6.45, 7) is 4.92. The quantitative estimate of drug-likeness (QED) is 0.200. The van der Waals surface area contributed by atoms with Crippen LogP contribution in [0.5, 0.6) is 17.2 Å². The van der Waals surface area contributed by atoms with Crippen LogP contribution in [-0.4, -0.2) is 35.9 Å². The Bertz CT molecular complexity index is 1190. The first-order valence-electron chi connectivity index (χ1n) is 10.6. The summed E-state index contributed by atoms with van der Waals surface area (Å²) in [4.78, 5) is 12.5. The zero-order valence-corrected chi connectivity index (χ0v) is 21.1. The molecule has 176 valence electrons. The van der Waals surface area contributed by atoms with Gasteiger partial charge in [0.25, 0.3) is 5.91 Å². The number of nitrogens with zero attached hydrogens (tertiary/aromatic N) is 3. The van der Waals surface area contributed by atoms with Crippen LogP contribution in [0, 0.1) is 11.3 Å². The van der Waals surface area contributed by atoms with Crippen molar-refractivity contribution in [2.45, 2.75) is 20.3 Å². The van der Waals surface area contributed by atoms with E-state index in [0.29, 0.717) is 42.0 Å². The van der Waals surface area contributed by atoms with E-state index in [4.69, 9.17) is 14.2 Å². The summed E-state index contributed by atoms with van der Waals surface area (Å²) in [5.41, 5.74) is 0.562. The molecule has 0 radical (unpaired) electrons. The van der Waals surface area contributed by atoms with Crippen molar-refractivity contribution in [3.63, 3.8) is 0 Å². The van der Waals surface area contributed by atoms with Crippen LogP contribution in [0.4, 0.5) is 5.13 Å². The van der Waals surface area contributed by atoms with E-state index < -0.39 is 5.91 Å². The molecule has 0 aliphatic heterocycles. The first kappa shape index (κ1) is 25.2. The first-order valence-corrected chi connectivity index (χ1v) is 12.2. The minimum absolute atomic E-state index is 0.0627. The Labute approximate surface area is 210 Å². The predicted octanol–water partition coefficient (Wildman–Crippen LogP) is 5.27. The Kier molecular flexibility index (Phi) is 9.43. The minimum Gasteiger partial charge on any atom is -0.490 e. The molecule has 0 saturated carbocycles. The van der Waals surface area contributed by atoms with Crippen LogP contribution in [0.1, 0.15) is 24.4 Å². The van der Waals surface area contributed by atoms with Crippen LogP contribution >= 0.6 is 27.3 Å². The number of halogens is 1. The van der Waals surface area contributed by atoms with E-state index >= 15 is 0 Å². The third kappa shape index (κ3) is 7.30. The van der Waals surface area contributed by atoms with Gasteiger partial charge in [0.2, 0.25) is 5.13 Å². The fourth-order valence-electron chi connectivity index (χ4n) is 2.77. The average Bonchev–Trinajstić information content (AvgIpc) is 3.30. The summed E-state index contributed by atoms with van der Waals surface area (Å²) in [6.07, 6.45) is 2.21. The van der Waals surface area contributed by atoms with Gasteiger partial charge in [-0.25, -0.2) is 0 Å². The number of carbonyl (C=O) groups excluding carboxylic acids is 1. The number of nitrogens with one attached hydrogen (secondary N) is 1. The van der Waals surface area contributed by atoms with E-state index in [-0.39, 0.29) is 5.57 Å². The molecule has 0 aliphatic carbocycles. The maximum absolute atomic E-state index is 12.5. The van der Waals surface area contributed by atoms with E-state index in [2.05, 4.69) is 31.4 Å². The zero-order chi connectivity index (χ0) is 24.3. The van der Waals surface area contributed by atoms with Crippen molar-refractivity contribution >= 4 is 44.4 Å². The van der Waals surface area contributed by atoms with Gasteiger partial charge in [-0.2, -0.15) is 5.26 Å². The number of anilines is 1. The molecule has 34 heavy (non-hydrogen) atoms. The third-order valence-corrected chi connectivity index (χ3v) is 5.87. The van der Waals surface area contributed by atoms with E-state index in [1.54, 1.807) is 18.2 Å². The molecule has 3 aromatic rings. The van der Waals surface area contributed by atoms with E-state index in [0.717, 1.165) is 21.7 Å². The summed E-state index contributed by atoms with van der Waals surface area (Å²) in [5, 5.41) is 21.1. The standard InChI is InChI=1S/C24H23BrN4O4S/c1-3-22-28-29-24(34-22)27-23(30)17(15-26)13-16-5-10-20(21(14-16)31-4-2)33-12-11-32-19-8-6-18(25)7-9-19/h5-10,13-14H,3-4,11-12H2,1-2H3,(H,27,29,30). The van der Waals surface area contributed by atoms with Gasteiger partial charge in [0, 0.05) is 4.47 Å². The number of aryl methyl sites for hydroxylation is 1. The molecular weight excluding hydrogens is 520 g/mol. The van der Waals surface area contributed by atoms with Crippen molar-refractivity contribution in [3.8, 4) is 23.3 Å². The summed E-state index contributed by atoms with van der Waals surface area (Å²) < 4.78 is 18.2. The number of aromatic nitrogens is 2. The highest BCUT2D eigenvalue weighted by molar-refractivity contribution is 9.10. The average molecular weight is 543 g/mol. The lowest BCUT2D eigenvalue weighted by molar-refractivity contribution is -0.112.